The highest BCUT2D eigenvalue weighted by Gasteiger charge is 2.15. The van der Waals surface area contributed by atoms with E-state index in [9.17, 15) is 0 Å². The monoisotopic (exact) mass is 442 g/mol. The fourth-order valence-corrected chi connectivity index (χ4v) is 3.07. The number of nitrogens with one attached hydrogen (secondary N) is 2. The van der Waals surface area contributed by atoms with E-state index in [1.807, 2.05) is 0 Å². The Morgan fingerprint density at radius 2 is 1.03 bits per heavy atom. The van der Waals surface area contributed by atoms with Crippen molar-refractivity contribution in [3.63, 3.8) is 0 Å². The first-order chi connectivity index (χ1) is 15.6. The largest absolute Gasteiger partial charge is 0.493 e. The van der Waals surface area contributed by atoms with Crippen molar-refractivity contribution in [2.24, 2.45) is 0 Å². The minimum Gasteiger partial charge on any atom is -0.493 e. The predicted molar refractivity (Wildman–Crippen MR) is 121 cm³/mol. The summed E-state index contributed by atoms with van der Waals surface area (Å²) in [6.07, 6.45) is 1.63. The van der Waals surface area contributed by atoms with E-state index in [4.69, 9.17) is 28.4 Å². The molecule has 0 bridgehead atoms. The average molecular weight is 442 g/mol. The van der Waals surface area contributed by atoms with E-state index in [1.165, 1.54) is 0 Å². The maximum Gasteiger partial charge on any atom is 0.229 e. The van der Waals surface area contributed by atoms with Crippen molar-refractivity contribution in [2.75, 3.05) is 53.3 Å². The zero-order valence-electron chi connectivity index (χ0n) is 18.8. The van der Waals surface area contributed by atoms with E-state index in [0.717, 1.165) is 0 Å². The molecule has 32 heavy (non-hydrogen) atoms. The molecule has 10 nitrogen and oxygen atoms in total. The van der Waals surface area contributed by atoms with Crippen LogP contribution < -0.4 is 39.1 Å². The van der Waals surface area contributed by atoms with E-state index < -0.39 is 0 Å². The van der Waals surface area contributed by atoms with Crippen molar-refractivity contribution < 1.29 is 28.4 Å². The van der Waals surface area contributed by atoms with Crippen molar-refractivity contribution >= 4 is 23.1 Å². The van der Waals surface area contributed by atoms with Gasteiger partial charge < -0.3 is 39.1 Å². The topological polar surface area (TPSA) is 105 Å². The highest BCUT2D eigenvalue weighted by Crippen LogP contribution is 2.41. The van der Waals surface area contributed by atoms with Crippen LogP contribution in [0.2, 0.25) is 0 Å². The molecule has 2 N–H and O–H groups in total. The number of methoxy groups -OCH3 is 6. The van der Waals surface area contributed by atoms with Gasteiger partial charge in [-0.1, -0.05) is 0 Å². The van der Waals surface area contributed by atoms with E-state index >= 15 is 0 Å². The van der Waals surface area contributed by atoms with Gasteiger partial charge in [0.2, 0.25) is 17.4 Å². The minimum absolute atomic E-state index is 0.372. The molecule has 0 saturated carbocycles. The van der Waals surface area contributed by atoms with E-state index in [0.29, 0.717) is 57.6 Å². The van der Waals surface area contributed by atoms with Gasteiger partial charge in [-0.3, -0.25) is 0 Å². The molecule has 0 radical (unpaired) electrons. The normalized spacial score (nSPS) is 10.2. The van der Waals surface area contributed by atoms with Gasteiger partial charge in [-0.25, -0.2) is 4.98 Å². The first-order valence-corrected chi connectivity index (χ1v) is 9.53. The second-order valence-corrected chi connectivity index (χ2v) is 6.34. The van der Waals surface area contributed by atoms with Crippen LogP contribution in [0.25, 0.3) is 0 Å². The summed E-state index contributed by atoms with van der Waals surface area (Å²) in [5.41, 5.74) is 1.38. The molecule has 0 amide bonds. The number of hydrogen-bond donors (Lipinski definition) is 2. The van der Waals surface area contributed by atoms with Crippen molar-refractivity contribution in [1.29, 1.82) is 0 Å². The molecule has 0 unspecified atom stereocenters. The van der Waals surface area contributed by atoms with Gasteiger partial charge in [-0.15, -0.1) is 0 Å². The number of aromatic nitrogens is 2. The van der Waals surface area contributed by atoms with Crippen LogP contribution in [0.15, 0.2) is 36.5 Å². The zero-order chi connectivity index (χ0) is 23.1. The molecule has 3 rings (SSSR count). The molecule has 3 aromatic rings. The molecule has 0 saturated heterocycles. The molecule has 0 aliphatic heterocycles. The molecular weight excluding hydrogens is 416 g/mol. The average Bonchev–Trinajstić information content (AvgIpc) is 2.82. The summed E-state index contributed by atoms with van der Waals surface area (Å²) in [7, 11) is 9.34. The summed E-state index contributed by atoms with van der Waals surface area (Å²) < 4.78 is 32.3. The summed E-state index contributed by atoms with van der Waals surface area (Å²) in [5, 5.41) is 6.37. The third kappa shape index (κ3) is 4.80. The number of rotatable bonds is 10. The van der Waals surface area contributed by atoms with Crippen LogP contribution in [0.4, 0.5) is 23.1 Å². The maximum atomic E-state index is 5.40. The van der Waals surface area contributed by atoms with Crippen LogP contribution in [0.3, 0.4) is 0 Å². The maximum absolute atomic E-state index is 5.40. The molecule has 0 spiro atoms. The molecule has 0 aliphatic carbocycles. The standard InChI is InChI=1S/C22H26N4O6/c1-27-15-9-13(10-16(28-2)20(15)31-5)24-19-7-8-23-22(26-19)25-14-11-17(29-3)21(32-6)18(12-14)30-4/h7-12H,1-6H3,(H2,23,24,25,26). The molecule has 10 heteroatoms. The second kappa shape index (κ2) is 10.3. The Labute approximate surface area is 186 Å². The lowest BCUT2D eigenvalue weighted by Gasteiger charge is -2.16. The number of ether oxygens (including phenoxy) is 6. The first kappa shape index (κ1) is 22.6. The summed E-state index contributed by atoms with van der Waals surface area (Å²) in [5.74, 6) is 4.02. The van der Waals surface area contributed by atoms with Crippen molar-refractivity contribution in [3.05, 3.63) is 36.5 Å². The summed E-state index contributed by atoms with van der Waals surface area (Å²) in [4.78, 5) is 8.79. The Hall–Kier alpha value is -4.08. The van der Waals surface area contributed by atoms with Crippen LogP contribution in [0.5, 0.6) is 34.5 Å². The van der Waals surface area contributed by atoms with Gasteiger partial charge >= 0.3 is 0 Å². The first-order valence-electron chi connectivity index (χ1n) is 9.53. The van der Waals surface area contributed by atoms with Crippen LogP contribution in [-0.4, -0.2) is 52.6 Å². The Morgan fingerprint density at radius 1 is 0.594 bits per heavy atom. The van der Waals surface area contributed by atoms with E-state index in [-0.39, 0.29) is 0 Å². The molecule has 1 heterocycles. The molecular formula is C22H26N4O6. The molecule has 170 valence electrons. The molecule has 2 aromatic carbocycles. The molecule has 0 aliphatic rings. The molecule has 0 atom stereocenters. The third-order valence-electron chi connectivity index (χ3n) is 4.51. The summed E-state index contributed by atoms with van der Waals surface area (Å²) in [6.45, 7) is 0. The summed E-state index contributed by atoms with van der Waals surface area (Å²) in [6, 6.07) is 8.85. The van der Waals surface area contributed by atoms with Crippen molar-refractivity contribution in [3.8, 4) is 34.5 Å². The van der Waals surface area contributed by atoms with Crippen molar-refractivity contribution in [2.45, 2.75) is 0 Å². The van der Waals surface area contributed by atoms with Gasteiger partial charge in [0.15, 0.2) is 23.0 Å². The molecule has 0 fully saturated rings. The third-order valence-corrected chi connectivity index (χ3v) is 4.51. The minimum atomic E-state index is 0.372. The Balaban J connectivity index is 1.87. The molecule has 1 aromatic heterocycles. The number of hydrogen-bond acceptors (Lipinski definition) is 10. The van der Waals surface area contributed by atoms with Gasteiger partial charge in [-0.05, 0) is 6.07 Å². The fourth-order valence-electron chi connectivity index (χ4n) is 3.07. The van der Waals surface area contributed by atoms with Crippen LogP contribution in [-0.2, 0) is 0 Å². The van der Waals surface area contributed by atoms with Crippen LogP contribution in [0.1, 0.15) is 0 Å². The Morgan fingerprint density at radius 3 is 1.44 bits per heavy atom. The van der Waals surface area contributed by atoms with E-state index in [1.54, 1.807) is 79.2 Å². The lowest BCUT2D eigenvalue weighted by atomic mass is 10.2. The van der Waals surface area contributed by atoms with Gasteiger partial charge in [0.05, 0.1) is 42.7 Å². The highest BCUT2D eigenvalue weighted by atomic mass is 16.5. The zero-order valence-corrected chi connectivity index (χ0v) is 18.8. The fraction of sp³-hybridized carbons (Fsp3) is 0.273. The smallest absolute Gasteiger partial charge is 0.229 e. The lowest BCUT2D eigenvalue weighted by molar-refractivity contribution is 0.324. The van der Waals surface area contributed by atoms with Gasteiger partial charge in [0.1, 0.15) is 5.82 Å². The van der Waals surface area contributed by atoms with Gasteiger partial charge in [0.25, 0.3) is 0 Å². The number of nitrogens with zero attached hydrogens (tertiary/aromatic N) is 2. The second-order valence-electron chi connectivity index (χ2n) is 6.34. The van der Waals surface area contributed by atoms with Crippen LogP contribution in [0, 0.1) is 0 Å². The Bertz CT molecular complexity index is 945. The van der Waals surface area contributed by atoms with Crippen LogP contribution >= 0.6 is 0 Å². The van der Waals surface area contributed by atoms with Gasteiger partial charge in [-0.2, -0.15) is 4.98 Å². The summed E-state index contributed by atoms with van der Waals surface area (Å²) >= 11 is 0. The number of anilines is 4. The predicted octanol–water partition coefficient (Wildman–Crippen LogP) is 4.02. The number of benzene rings is 2. The van der Waals surface area contributed by atoms with E-state index in [2.05, 4.69) is 20.6 Å². The van der Waals surface area contributed by atoms with Crippen molar-refractivity contribution in [1.82, 2.24) is 9.97 Å². The Kier molecular flexibility index (Phi) is 7.27. The quantitative estimate of drug-likeness (QED) is 0.478. The highest BCUT2D eigenvalue weighted by molar-refractivity contribution is 5.68. The van der Waals surface area contributed by atoms with Gasteiger partial charge in [0, 0.05) is 41.8 Å². The SMILES string of the molecule is COc1cc(Nc2ccnc(Nc3cc(OC)c(OC)c(OC)c3)n2)cc(OC)c1OC. The lowest BCUT2D eigenvalue weighted by Crippen LogP contribution is -2.02.